The van der Waals surface area contributed by atoms with E-state index in [1.54, 1.807) is 0 Å². The fourth-order valence-corrected chi connectivity index (χ4v) is 3.69. The molecule has 0 unspecified atom stereocenters. The molecule has 0 fully saturated rings. The molecule has 28 heavy (non-hydrogen) atoms. The van der Waals surface area contributed by atoms with Crippen LogP contribution < -0.4 is 5.32 Å². The maximum atomic E-state index is 12.8. The summed E-state index contributed by atoms with van der Waals surface area (Å²) < 4.78 is 2.21. The summed E-state index contributed by atoms with van der Waals surface area (Å²) in [7, 11) is 0. The normalized spacial score (nSPS) is 11.0. The molecular weight excluding hydrogens is 344 g/mol. The van der Waals surface area contributed by atoms with Crippen molar-refractivity contribution in [1.29, 1.82) is 0 Å². The van der Waals surface area contributed by atoms with E-state index in [2.05, 4.69) is 34.1 Å². The second-order valence-electron chi connectivity index (χ2n) is 6.74. The average molecular weight is 362 g/mol. The number of nitrogens with zero attached hydrogens (tertiary/aromatic N) is 1. The van der Waals surface area contributed by atoms with Gasteiger partial charge in [-0.3, -0.25) is 4.79 Å². The van der Waals surface area contributed by atoms with Gasteiger partial charge in [0.1, 0.15) is 0 Å². The van der Waals surface area contributed by atoms with E-state index in [0.717, 1.165) is 27.8 Å². The first-order valence-electron chi connectivity index (χ1n) is 9.26. The minimum absolute atomic E-state index is 0.113. The van der Waals surface area contributed by atoms with Crippen molar-refractivity contribution in [1.82, 2.24) is 4.57 Å². The predicted octanol–water partition coefficient (Wildman–Crippen LogP) is 6.04. The quantitative estimate of drug-likeness (QED) is 0.417. The van der Waals surface area contributed by atoms with Crippen molar-refractivity contribution in [3.8, 4) is 5.69 Å². The van der Waals surface area contributed by atoms with Crippen LogP contribution in [0, 0.1) is 0 Å². The summed E-state index contributed by atoms with van der Waals surface area (Å²) in [6.45, 7) is 0. The van der Waals surface area contributed by atoms with Gasteiger partial charge in [-0.05, 0) is 42.5 Å². The van der Waals surface area contributed by atoms with Crippen LogP contribution in [0.2, 0.25) is 0 Å². The van der Waals surface area contributed by atoms with Crippen LogP contribution in [0.25, 0.3) is 27.5 Å². The highest BCUT2D eigenvalue weighted by molar-refractivity contribution is 6.12. The smallest absolute Gasteiger partial charge is 0.255 e. The third-order valence-electron chi connectivity index (χ3n) is 4.98. The average Bonchev–Trinajstić information content (AvgIpc) is 3.09. The Hall–Kier alpha value is -3.85. The van der Waals surface area contributed by atoms with E-state index in [0.29, 0.717) is 5.56 Å². The molecule has 0 bridgehead atoms. The van der Waals surface area contributed by atoms with Crippen LogP contribution in [0.15, 0.2) is 103 Å². The number of nitrogens with one attached hydrogen (secondary N) is 1. The first-order chi connectivity index (χ1) is 13.8. The van der Waals surface area contributed by atoms with Crippen LogP contribution in [0.1, 0.15) is 10.4 Å². The zero-order chi connectivity index (χ0) is 18.9. The molecule has 3 heteroatoms. The molecule has 5 rings (SSSR count). The zero-order valence-electron chi connectivity index (χ0n) is 15.2. The summed E-state index contributed by atoms with van der Waals surface area (Å²) >= 11 is 0. The molecule has 0 aliphatic heterocycles. The molecule has 0 saturated carbocycles. The van der Waals surface area contributed by atoms with E-state index in [1.807, 2.05) is 78.9 Å². The van der Waals surface area contributed by atoms with Gasteiger partial charge in [0.25, 0.3) is 5.91 Å². The molecule has 1 amide bonds. The van der Waals surface area contributed by atoms with E-state index in [4.69, 9.17) is 0 Å². The second-order valence-corrected chi connectivity index (χ2v) is 6.74. The number of anilines is 1. The number of carbonyl (C=O) groups excluding carboxylic acids is 1. The summed E-state index contributed by atoms with van der Waals surface area (Å²) in [6.07, 6.45) is 0. The predicted molar refractivity (Wildman–Crippen MR) is 115 cm³/mol. The van der Waals surface area contributed by atoms with Gasteiger partial charge in [0.2, 0.25) is 0 Å². The fourth-order valence-electron chi connectivity index (χ4n) is 3.69. The minimum atomic E-state index is -0.113. The molecule has 1 heterocycles. The first-order valence-corrected chi connectivity index (χ1v) is 9.26. The number of aromatic nitrogens is 1. The van der Waals surface area contributed by atoms with Gasteiger partial charge in [0.05, 0.1) is 11.0 Å². The lowest BCUT2D eigenvalue weighted by Gasteiger charge is -2.09. The van der Waals surface area contributed by atoms with Crippen molar-refractivity contribution in [2.75, 3.05) is 5.32 Å². The van der Waals surface area contributed by atoms with Gasteiger partial charge in [-0.15, -0.1) is 0 Å². The summed E-state index contributed by atoms with van der Waals surface area (Å²) in [5.41, 5.74) is 4.65. The third-order valence-corrected chi connectivity index (χ3v) is 4.98. The fraction of sp³-hybridized carbons (Fsp3) is 0. The van der Waals surface area contributed by atoms with Gasteiger partial charge in [0, 0.05) is 27.7 Å². The Balaban J connectivity index is 1.69. The van der Waals surface area contributed by atoms with Gasteiger partial charge >= 0.3 is 0 Å². The molecule has 134 valence electrons. The maximum absolute atomic E-state index is 12.8. The Labute approximate surface area is 162 Å². The highest BCUT2D eigenvalue weighted by atomic mass is 16.1. The summed E-state index contributed by atoms with van der Waals surface area (Å²) in [4.78, 5) is 12.8. The Morgan fingerprint density at radius 2 is 1.29 bits per heavy atom. The summed E-state index contributed by atoms with van der Waals surface area (Å²) in [5, 5.41) is 5.28. The van der Waals surface area contributed by atoms with E-state index < -0.39 is 0 Å². The van der Waals surface area contributed by atoms with Gasteiger partial charge < -0.3 is 9.88 Å². The van der Waals surface area contributed by atoms with E-state index in [9.17, 15) is 4.79 Å². The molecule has 3 nitrogen and oxygen atoms in total. The molecule has 0 aliphatic rings. The lowest BCUT2D eigenvalue weighted by atomic mass is 10.1. The van der Waals surface area contributed by atoms with Crippen LogP contribution in [0.3, 0.4) is 0 Å². The van der Waals surface area contributed by atoms with Crippen LogP contribution in [0.4, 0.5) is 5.69 Å². The molecule has 0 aliphatic carbocycles. The zero-order valence-corrected chi connectivity index (χ0v) is 15.2. The SMILES string of the molecule is O=C(Nc1ccccc1)c1ccc2c3ccccc3n(-c3ccccc3)c2c1. The molecule has 0 radical (unpaired) electrons. The van der Waals surface area contributed by atoms with Gasteiger partial charge in [-0.1, -0.05) is 60.7 Å². The molecule has 1 aromatic heterocycles. The third kappa shape index (κ3) is 2.74. The molecule has 0 saturated heterocycles. The molecule has 0 spiro atoms. The number of carbonyl (C=O) groups is 1. The maximum Gasteiger partial charge on any atom is 0.255 e. The van der Waals surface area contributed by atoms with Gasteiger partial charge in [-0.25, -0.2) is 0 Å². The van der Waals surface area contributed by atoms with E-state index in [1.165, 1.54) is 5.39 Å². The number of rotatable bonds is 3. The number of hydrogen-bond acceptors (Lipinski definition) is 1. The van der Waals surface area contributed by atoms with Crippen LogP contribution >= 0.6 is 0 Å². The molecular formula is C25H18N2O. The highest BCUT2D eigenvalue weighted by Gasteiger charge is 2.14. The van der Waals surface area contributed by atoms with Crippen molar-refractivity contribution in [2.45, 2.75) is 0 Å². The Kier molecular flexibility index (Phi) is 3.91. The van der Waals surface area contributed by atoms with Crippen LogP contribution in [-0.4, -0.2) is 10.5 Å². The summed E-state index contributed by atoms with van der Waals surface area (Å²) in [5.74, 6) is -0.113. The summed E-state index contributed by atoms with van der Waals surface area (Å²) in [6, 6.07) is 34.0. The topological polar surface area (TPSA) is 34.0 Å². The molecule has 5 aromatic rings. The number of benzene rings is 4. The number of hydrogen-bond donors (Lipinski definition) is 1. The van der Waals surface area contributed by atoms with Crippen molar-refractivity contribution >= 4 is 33.4 Å². The van der Waals surface area contributed by atoms with E-state index in [-0.39, 0.29) is 5.91 Å². The Morgan fingerprint density at radius 1 is 0.643 bits per heavy atom. The minimum Gasteiger partial charge on any atom is -0.322 e. The number of para-hydroxylation sites is 3. The van der Waals surface area contributed by atoms with Gasteiger partial charge in [0.15, 0.2) is 0 Å². The molecule has 1 N–H and O–H groups in total. The van der Waals surface area contributed by atoms with Crippen LogP contribution in [-0.2, 0) is 0 Å². The first kappa shape index (κ1) is 16.3. The lowest BCUT2D eigenvalue weighted by Crippen LogP contribution is -2.11. The molecule has 4 aromatic carbocycles. The largest absolute Gasteiger partial charge is 0.322 e. The van der Waals surface area contributed by atoms with Crippen molar-refractivity contribution < 1.29 is 4.79 Å². The Morgan fingerprint density at radius 3 is 2.07 bits per heavy atom. The highest BCUT2D eigenvalue weighted by Crippen LogP contribution is 2.32. The Bertz CT molecular complexity index is 1290. The number of amides is 1. The van der Waals surface area contributed by atoms with Gasteiger partial charge in [-0.2, -0.15) is 0 Å². The van der Waals surface area contributed by atoms with E-state index >= 15 is 0 Å². The van der Waals surface area contributed by atoms with Crippen molar-refractivity contribution in [3.05, 3.63) is 109 Å². The monoisotopic (exact) mass is 362 g/mol. The molecule has 0 atom stereocenters. The van der Waals surface area contributed by atoms with Crippen LogP contribution in [0.5, 0.6) is 0 Å². The van der Waals surface area contributed by atoms with Crippen molar-refractivity contribution in [2.24, 2.45) is 0 Å². The van der Waals surface area contributed by atoms with Crippen molar-refractivity contribution in [3.63, 3.8) is 0 Å². The standard InChI is InChI=1S/C25H18N2O/c28-25(26-19-9-3-1-4-10-19)18-15-16-22-21-13-7-8-14-23(21)27(24(22)17-18)20-11-5-2-6-12-20/h1-17H,(H,26,28). The number of fused-ring (bicyclic) bond motifs is 3. The second kappa shape index (κ2) is 6.71. The lowest BCUT2D eigenvalue weighted by molar-refractivity contribution is 0.102.